The van der Waals surface area contributed by atoms with Gasteiger partial charge < -0.3 is 15.6 Å². The van der Waals surface area contributed by atoms with Gasteiger partial charge >= 0.3 is 0 Å². The van der Waals surface area contributed by atoms with E-state index in [0.29, 0.717) is 17.8 Å². The number of nitrogens with one attached hydrogen (secondary N) is 3. The van der Waals surface area contributed by atoms with Gasteiger partial charge in [0.1, 0.15) is 0 Å². The standard InChI is InChI=1S/C19H19N3O2/c1-13(23)22-16-6-4-5-14(11-16)19(24)20-10-9-15-12-21-18-8-3-2-7-17(15)18/h2-8,11-12,21H,9-10H2,1H3,(H,20,24)(H,22,23). The Balaban J connectivity index is 1.60. The Morgan fingerprint density at radius 2 is 1.92 bits per heavy atom. The number of H-pyrrole nitrogens is 1. The second kappa shape index (κ2) is 7.00. The largest absolute Gasteiger partial charge is 0.361 e. The summed E-state index contributed by atoms with van der Waals surface area (Å²) in [5.74, 6) is -0.311. The lowest BCUT2D eigenvalue weighted by Crippen LogP contribution is -2.25. The highest BCUT2D eigenvalue weighted by molar-refractivity contribution is 5.96. The first-order valence-electron chi connectivity index (χ1n) is 7.84. The van der Waals surface area contributed by atoms with Gasteiger partial charge in [0, 0.05) is 41.8 Å². The van der Waals surface area contributed by atoms with Gasteiger partial charge in [0.25, 0.3) is 5.91 Å². The number of anilines is 1. The molecule has 0 saturated heterocycles. The Hall–Kier alpha value is -3.08. The van der Waals surface area contributed by atoms with Crippen molar-refractivity contribution in [2.45, 2.75) is 13.3 Å². The predicted molar refractivity (Wildman–Crippen MR) is 95.1 cm³/mol. The molecule has 0 unspecified atom stereocenters. The number of benzene rings is 2. The molecule has 0 bridgehead atoms. The molecule has 122 valence electrons. The molecule has 2 amide bonds. The van der Waals surface area contributed by atoms with Crippen LogP contribution < -0.4 is 10.6 Å². The van der Waals surface area contributed by atoms with Crippen molar-refractivity contribution in [1.82, 2.24) is 10.3 Å². The van der Waals surface area contributed by atoms with E-state index in [9.17, 15) is 9.59 Å². The molecule has 0 fully saturated rings. The molecule has 0 saturated carbocycles. The van der Waals surface area contributed by atoms with Crippen molar-refractivity contribution in [2.75, 3.05) is 11.9 Å². The number of aromatic amines is 1. The zero-order valence-electron chi connectivity index (χ0n) is 13.4. The van der Waals surface area contributed by atoms with Crippen molar-refractivity contribution < 1.29 is 9.59 Å². The van der Waals surface area contributed by atoms with Crippen LogP contribution in [0.5, 0.6) is 0 Å². The maximum atomic E-state index is 12.2. The minimum atomic E-state index is -0.160. The van der Waals surface area contributed by atoms with Crippen LogP contribution in [0.1, 0.15) is 22.8 Å². The summed E-state index contributed by atoms with van der Waals surface area (Å²) in [6.07, 6.45) is 2.73. The van der Waals surface area contributed by atoms with Crippen LogP contribution in [0.2, 0.25) is 0 Å². The van der Waals surface area contributed by atoms with Gasteiger partial charge in [-0.25, -0.2) is 0 Å². The Kier molecular flexibility index (Phi) is 4.61. The molecule has 0 aliphatic rings. The smallest absolute Gasteiger partial charge is 0.251 e. The van der Waals surface area contributed by atoms with Crippen LogP contribution in [0.3, 0.4) is 0 Å². The molecule has 1 aromatic heterocycles. The zero-order chi connectivity index (χ0) is 16.9. The number of fused-ring (bicyclic) bond motifs is 1. The lowest BCUT2D eigenvalue weighted by atomic mass is 10.1. The summed E-state index contributed by atoms with van der Waals surface area (Å²) in [5, 5.41) is 6.77. The summed E-state index contributed by atoms with van der Waals surface area (Å²) >= 11 is 0. The lowest BCUT2D eigenvalue weighted by Gasteiger charge is -2.07. The summed E-state index contributed by atoms with van der Waals surface area (Å²) in [6.45, 7) is 1.99. The molecule has 3 rings (SSSR count). The van der Waals surface area contributed by atoms with Crippen LogP contribution in [0.4, 0.5) is 5.69 Å². The van der Waals surface area contributed by atoms with E-state index in [-0.39, 0.29) is 11.8 Å². The molecule has 0 radical (unpaired) electrons. The van der Waals surface area contributed by atoms with E-state index in [1.54, 1.807) is 24.3 Å². The number of carbonyl (C=O) groups is 2. The number of hydrogen-bond donors (Lipinski definition) is 3. The van der Waals surface area contributed by atoms with E-state index in [4.69, 9.17) is 0 Å². The fourth-order valence-corrected chi connectivity index (χ4v) is 2.69. The molecule has 0 aliphatic heterocycles. The minimum absolute atomic E-state index is 0.151. The van der Waals surface area contributed by atoms with Crippen LogP contribution in [0.15, 0.2) is 54.7 Å². The van der Waals surface area contributed by atoms with E-state index in [0.717, 1.165) is 11.9 Å². The third kappa shape index (κ3) is 3.63. The van der Waals surface area contributed by atoms with Crippen LogP contribution in [0.25, 0.3) is 10.9 Å². The normalized spacial score (nSPS) is 10.5. The molecule has 1 heterocycles. The lowest BCUT2D eigenvalue weighted by molar-refractivity contribution is -0.114. The Labute approximate surface area is 140 Å². The molecule has 0 aliphatic carbocycles. The third-order valence-electron chi connectivity index (χ3n) is 3.80. The van der Waals surface area contributed by atoms with Crippen molar-refractivity contribution >= 4 is 28.4 Å². The highest BCUT2D eigenvalue weighted by Crippen LogP contribution is 2.17. The Morgan fingerprint density at radius 3 is 2.75 bits per heavy atom. The van der Waals surface area contributed by atoms with E-state index in [1.165, 1.54) is 17.9 Å². The van der Waals surface area contributed by atoms with E-state index in [2.05, 4.69) is 21.7 Å². The van der Waals surface area contributed by atoms with Crippen molar-refractivity contribution in [3.05, 3.63) is 65.9 Å². The van der Waals surface area contributed by atoms with Crippen molar-refractivity contribution in [1.29, 1.82) is 0 Å². The van der Waals surface area contributed by atoms with Crippen molar-refractivity contribution in [3.63, 3.8) is 0 Å². The van der Waals surface area contributed by atoms with E-state index >= 15 is 0 Å². The first-order valence-corrected chi connectivity index (χ1v) is 7.84. The van der Waals surface area contributed by atoms with Gasteiger partial charge in [0.05, 0.1) is 0 Å². The highest BCUT2D eigenvalue weighted by atomic mass is 16.2. The molecule has 5 nitrogen and oxygen atoms in total. The number of rotatable bonds is 5. The minimum Gasteiger partial charge on any atom is -0.361 e. The van der Waals surface area contributed by atoms with Gasteiger partial charge in [0.15, 0.2) is 0 Å². The van der Waals surface area contributed by atoms with Crippen molar-refractivity contribution in [3.8, 4) is 0 Å². The fraction of sp³-hybridized carbons (Fsp3) is 0.158. The van der Waals surface area contributed by atoms with E-state index in [1.807, 2.05) is 24.4 Å². The number of amides is 2. The van der Waals surface area contributed by atoms with Gasteiger partial charge in [-0.15, -0.1) is 0 Å². The summed E-state index contributed by atoms with van der Waals surface area (Å²) < 4.78 is 0. The topological polar surface area (TPSA) is 74.0 Å². The SMILES string of the molecule is CC(=O)Nc1cccc(C(=O)NCCc2c[nH]c3ccccc23)c1. The van der Waals surface area contributed by atoms with Gasteiger partial charge in [0.2, 0.25) is 5.91 Å². The average Bonchev–Trinajstić information content (AvgIpc) is 2.98. The second-order valence-corrected chi connectivity index (χ2v) is 5.63. The quantitative estimate of drug-likeness (QED) is 0.675. The predicted octanol–water partition coefficient (Wildman–Crippen LogP) is 3.10. The molecular weight excluding hydrogens is 302 g/mol. The molecule has 24 heavy (non-hydrogen) atoms. The zero-order valence-corrected chi connectivity index (χ0v) is 13.4. The average molecular weight is 321 g/mol. The molecule has 0 spiro atoms. The van der Waals surface area contributed by atoms with Gasteiger partial charge in [-0.3, -0.25) is 9.59 Å². The third-order valence-corrected chi connectivity index (χ3v) is 3.80. The summed E-state index contributed by atoms with van der Waals surface area (Å²) in [5.41, 5.74) is 3.42. The highest BCUT2D eigenvalue weighted by Gasteiger charge is 2.08. The van der Waals surface area contributed by atoms with Crippen LogP contribution >= 0.6 is 0 Å². The summed E-state index contributed by atoms with van der Waals surface area (Å²) in [6, 6.07) is 15.0. The maximum Gasteiger partial charge on any atom is 0.251 e. The molecule has 2 aromatic carbocycles. The molecular formula is C19H19N3O2. The Morgan fingerprint density at radius 1 is 1.08 bits per heavy atom. The number of hydrogen-bond acceptors (Lipinski definition) is 2. The van der Waals surface area contributed by atoms with Gasteiger partial charge in [-0.05, 0) is 36.2 Å². The fourth-order valence-electron chi connectivity index (χ4n) is 2.69. The Bertz CT molecular complexity index is 883. The van der Waals surface area contributed by atoms with Crippen LogP contribution in [0, 0.1) is 0 Å². The molecule has 5 heteroatoms. The van der Waals surface area contributed by atoms with Gasteiger partial charge in [-0.1, -0.05) is 24.3 Å². The van der Waals surface area contributed by atoms with Crippen LogP contribution in [-0.2, 0) is 11.2 Å². The monoisotopic (exact) mass is 321 g/mol. The first kappa shape index (κ1) is 15.8. The van der Waals surface area contributed by atoms with E-state index < -0.39 is 0 Å². The van der Waals surface area contributed by atoms with Gasteiger partial charge in [-0.2, -0.15) is 0 Å². The molecule has 0 atom stereocenters. The number of para-hydroxylation sites is 1. The summed E-state index contributed by atoms with van der Waals surface area (Å²) in [7, 11) is 0. The van der Waals surface area contributed by atoms with Crippen LogP contribution in [-0.4, -0.2) is 23.3 Å². The summed E-state index contributed by atoms with van der Waals surface area (Å²) in [4.78, 5) is 26.6. The first-order chi connectivity index (χ1) is 11.6. The number of aromatic nitrogens is 1. The van der Waals surface area contributed by atoms with Crippen molar-refractivity contribution in [2.24, 2.45) is 0 Å². The maximum absolute atomic E-state index is 12.2. The molecule has 3 aromatic rings. The molecule has 3 N–H and O–H groups in total. The number of carbonyl (C=O) groups excluding carboxylic acids is 2. The second-order valence-electron chi connectivity index (χ2n) is 5.63.